The second-order valence-electron chi connectivity index (χ2n) is 3.27. The Balaban J connectivity index is 2.30. The molecule has 74 valence electrons. The van der Waals surface area contributed by atoms with Crippen LogP contribution in [-0.4, -0.2) is 18.0 Å². The van der Waals surface area contributed by atoms with Gasteiger partial charge in [0.05, 0.1) is 11.5 Å². The number of cyclic esters (lactones) is 1. The molecule has 0 amide bonds. The molecule has 1 atom stereocenters. The van der Waals surface area contributed by atoms with E-state index in [1.165, 1.54) is 12.8 Å². The summed E-state index contributed by atoms with van der Waals surface area (Å²) in [6.07, 6.45) is 6.25. The highest BCUT2D eigenvalue weighted by molar-refractivity contribution is 6.22. The average Bonchev–Trinajstić information content (AvgIpc) is 2.47. The lowest BCUT2D eigenvalue weighted by Crippen LogP contribution is -2.08. The number of carbonyl (C=O) groups is 1. The zero-order valence-corrected chi connectivity index (χ0v) is 8.64. The third-order valence-electron chi connectivity index (χ3n) is 2.14. The fraction of sp³-hybridized carbons (Fsp3) is 0.700. The molecule has 0 saturated heterocycles. The summed E-state index contributed by atoms with van der Waals surface area (Å²) in [5.41, 5.74) is 0.614. The van der Waals surface area contributed by atoms with Gasteiger partial charge < -0.3 is 4.74 Å². The molecular formula is C10H15ClO2. The summed E-state index contributed by atoms with van der Waals surface area (Å²) >= 11 is 5.56. The third kappa shape index (κ3) is 3.03. The highest BCUT2D eigenvalue weighted by atomic mass is 35.5. The van der Waals surface area contributed by atoms with Crippen LogP contribution in [0.1, 0.15) is 32.6 Å². The largest absolute Gasteiger partial charge is 0.455 e. The second kappa shape index (κ2) is 5.28. The molecule has 0 radical (unpaired) electrons. The molecule has 0 fully saturated rings. The van der Waals surface area contributed by atoms with Crippen LogP contribution in [0.2, 0.25) is 0 Å². The van der Waals surface area contributed by atoms with Gasteiger partial charge in [0.15, 0.2) is 0 Å². The van der Waals surface area contributed by atoms with E-state index in [2.05, 4.69) is 6.92 Å². The van der Waals surface area contributed by atoms with E-state index in [4.69, 9.17) is 16.3 Å². The molecule has 1 heterocycles. The second-order valence-corrected chi connectivity index (χ2v) is 3.53. The van der Waals surface area contributed by atoms with Crippen molar-refractivity contribution in [2.75, 3.05) is 5.88 Å². The van der Waals surface area contributed by atoms with Crippen LogP contribution in [0.15, 0.2) is 11.6 Å². The Kier molecular flexibility index (Phi) is 4.29. The molecule has 1 rings (SSSR count). The fourth-order valence-electron chi connectivity index (χ4n) is 1.38. The number of carbonyl (C=O) groups excluding carboxylic acids is 1. The van der Waals surface area contributed by atoms with E-state index >= 15 is 0 Å². The predicted molar refractivity (Wildman–Crippen MR) is 52.8 cm³/mol. The van der Waals surface area contributed by atoms with Crippen molar-refractivity contribution in [2.45, 2.75) is 38.7 Å². The van der Waals surface area contributed by atoms with E-state index in [0.29, 0.717) is 5.57 Å². The predicted octanol–water partition coefficient (Wildman–Crippen LogP) is 2.66. The summed E-state index contributed by atoms with van der Waals surface area (Å²) in [5, 5.41) is 0. The lowest BCUT2D eigenvalue weighted by atomic mass is 10.1. The Hall–Kier alpha value is -0.500. The minimum atomic E-state index is -0.239. The van der Waals surface area contributed by atoms with Gasteiger partial charge in [0, 0.05) is 0 Å². The minimum absolute atomic E-state index is 0.0206. The van der Waals surface area contributed by atoms with Crippen LogP contribution >= 0.6 is 11.6 Å². The Morgan fingerprint density at radius 3 is 2.85 bits per heavy atom. The molecule has 3 heteroatoms. The van der Waals surface area contributed by atoms with Crippen LogP contribution in [0.4, 0.5) is 0 Å². The Morgan fingerprint density at radius 2 is 2.31 bits per heavy atom. The fourth-order valence-corrected chi connectivity index (χ4v) is 1.57. The lowest BCUT2D eigenvalue weighted by Gasteiger charge is -2.06. The molecule has 0 aromatic rings. The number of rotatable bonds is 5. The molecule has 1 aliphatic heterocycles. The van der Waals surface area contributed by atoms with E-state index in [-0.39, 0.29) is 18.0 Å². The van der Waals surface area contributed by atoms with Crippen LogP contribution in [0, 0.1) is 0 Å². The van der Waals surface area contributed by atoms with E-state index in [0.717, 1.165) is 12.8 Å². The van der Waals surface area contributed by atoms with Gasteiger partial charge in [-0.2, -0.15) is 0 Å². The zero-order chi connectivity index (χ0) is 9.68. The van der Waals surface area contributed by atoms with Crippen molar-refractivity contribution in [2.24, 2.45) is 0 Å². The highest BCUT2D eigenvalue weighted by Gasteiger charge is 2.23. The Morgan fingerprint density at radius 1 is 1.54 bits per heavy atom. The SMILES string of the molecule is CCCCC[C@H]1C=C(CCl)C(=O)O1. The molecule has 0 aromatic heterocycles. The Labute approximate surface area is 83.9 Å². The molecule has 2 nitrogen and oxygen atoms in total. The summed E-state index contributed by atoms with van der Waals surface area (Å²) in [6, 6.07) is 0. The quantitative estimate of drug-likeness (QED) is 0.389. The first-order valence-electron chi connectivity index (χ1n) is 4.75. The van der Waals surface area contributed by atoms with Crippen LogP contribution in [0.25, 0.3) is 0 Å². The summed E-state index contributed by atoms with van der Waals surface area (Å²) < 4.78 is 5.10. The molecular weight excluding hydrogens is 188 g/mol. The molecule has 0 spiro atoms. The van der Waals surface area contributed by atoms with Crippen molar-refractivity contribution in [1.29, 1.82) is 0 Å². The molecule has 0 saturated carbocycles. The maximum atomic E-state index is 11.1. The molecule has 0 aliphatic carbocycles. The first kappa shape index (κ1) is 10.6. The maximum Gasteiger partial charge on any atom is 0.335 e. The van der Waals surface area contributed by atoms with Crippen LogP contribution < -0.4 is 0 Å². The number of unbranched alkanes of at least 4 members (excludes halogenated alkanes) is 2. The van der Waals surface area contributed by atoms with Crippen molar-refractivity contribution in [3.63, 3.8) is 0 Å². The monoisotopic (exact) mass is 202 g/mol. The van der Waals surface area contributed by atoms with Crippen molar-refractivity contribution < 1.29 is 9.53 Å². The van der Waals surface area contributed by atoms with Crippen LogP contribution in [-0.2, 0) is 9.53 Å². The van der Waals surface area contributed by atoms with Crippen LogP contribution in [0.5, 0.6) is 0 Å². The molecule has 0 aromatic carbocycles. The standard InChI is InChI=1S/C10H15ClO2/c1-2-3-4-5-9-6-8(7-11)10(12)13-9/h6,9H,2-5,7H2,1H3/t9-/m0/s1. The molecule has 13 heavy (non-hydrogen) atoms. The van der Waals surface area contributed by atoms with E-state index in [1.54, 1.807) is 0 Å². The first-order valence-corrected chi connectivity index (χ1v) is 5.29. The summed E-state index contributed by atoms with van der Waals surface area (Å²) in [7, 11) is 0. The van der Waals surface area contributed by atoms with Crippen molar-refractivity contribution in [1.82, 2.24) is 0 Å². The average molecular weight is 203 g/mol. The zero-order valence-electron chi connectivity index (χ0n) is 7.88. The van der Waals surface area contributed by atoms with E-state index in [1.807, 2.05) is 6.08 Å². The maximum absolute atomic E-state index is 11.1. The number of hydrogen-bond acceptors (Lipinski definition) is 2. The van der Waals surface area contributed by atoms with Gasteiger partial charge in [-0.1, -0.05) is 19.8 Å². The number of ether oxygens (including phenoxy) is 1. The smallest absolute Gasteiger partial charge is 0.335 e. The molecule has 1 aliphatic rings. The van der Waals surface area contributed by atoms with Gasteiger partial charge in [-0.05, 0) is 18.9 Å². The van der Waals surface area contributed by atoms with E-state index in [9.17, 15) is 4.79 Å². The van der Waals surface area contributed by atoms with Crippen LogP contribution in [0.3, 0.4) is 0 Å². The van der Waals surface area contributed by atoms with E-state index < -0.39 is 0 Å². The van der Waals surface area contributed by atoms with Gasteiger partial charge in [-0.15, -0.1) is 11.6 Å². The molecule has 0 unspecified atom stereocenters. The first-order chi connectivity index (χ1) is 6.27. The summed E-state index contributed by atoms with van der Waals surface area (Å²) in [4.78, 5) is 11.1. The number of halogens is 1. The van der Waals surface area contributed by atoms with Gasteiger partial charge >= 0.3 is 5.97 Å². The summed E-state index contributed by atoms with van der Waals surface area (Å²) in [5.74, 6) is 0.0276. The van der Waals surface area contributed by atoms with Gasteiger partial charge in [0.2, 0.25) is 0 Å². The van der Waals surface area contributed by atoms with Gasteiger partial charge in [-0.25, -0.2) is 4.79 Å². The molecule has 0 bridgehead atoms. The minimum Gasteiger partial charge on any atom is -0.455 e. The van der Waals surface area contributed by atoms with Gasteiger partial charge in [-0.3, -0.25) is 0 Å². The Bertz CT molecular complexity index is 211. The van der Waals surface area contributed by atoms with Gasteiger partial charge in [0.1, 0.15) is 6.10 Å². The topological polar surface area (TPSA) is 26.3 Å². The van der Waals surface area contributed by atoms with Crippen molar-refractivity contribution in [3.8, 4) is 0 Å². The van der Waals surface area contributed by atoms with Crippen molar-refractivity contribution in [3.05, 3.63) is 11.6 Å². The number of alkyl halides is 1. The highest BCUT2D eigenvalue weighted by Crippen LogP contribution is 2.19. The number of hydrogen-bond donors (Lipinski definition) is 0. The van der Waals surface area contributed by atoms with Gasteiger partial charge in [0.25, 0.3) is 0 Å². The third-order valence-corrected chi connectivity index (χ3v) is 2.43. The van der Waals surface area contributed by atoms with Crippen molar-refractivity contribution >= 4 is 17.6 Å². The number of esters is 1. The normalized spacial score (nSPS) is 21.5. The lowest BCUT2D eigenvalue weighted by molar-refractivity contribution is -0.139. The molecule has 0 N–H and O–H groups in total. The summed E-state index contributed by atoms with van der Waals surface area (Å²) in [6.45, 7) is 2.15.